The summed E-state index contributed by atoms with van der Waals surface area (Å²) < 4.78 is 9.90. The highest BCUT2D eigenvalue weighted by atomic mass is 16.6. The SMILES string of the molecule is COC(=O)c1ccc([N+](=O)[O-])c(OCC(=O)Nc2ccc(N3CCCC3)cc2)c1. The fraction of sp³-hybridized carbons (Fsp3) is 0.300. The summed E-state index contributed by atoms with van der Waals surface area (Å²) in [7, 11) is 1.20. The second-order valence-corrected chi connectivity index (χ2v) is 6.51. The van der Waals surface area contributed by atoms with E-state index in [1.807, 2.05) is 12.1 Å². The van der Waals surface area contributed by atoms with E-state index in [0.717, 1.165) is 24.8 Å². The number of nitrogens with one attached hydrogen (secondary N) is 1. The fourth-order valence-corrected chi connectivity index (χ4v) is 3.10. The number of hydrogen-bond acceptors (Lipinski definition) is 7. The Morgan fingerprint density at radius 1 is 1.14 bits per heavy atom. The summed E-state index contributed by atoms with van der Waals surface area (Å²) in [5, 5.41) is 13.8. The quantitative estimate of drug-likeness (QED) is 0.433. The Hall–Kier alpha value is -3.62. The molecule has 0 bridgehead atoms. The van der Waals surface area contributed by atoms with Crippen LogP contribution in [0.25, 0.3) is 0 Å². The molecular formula is C20H21N3O6. The van der Waals surface area contributed by atoms with Gasteiger partial charge in [0.1, 0.15) is 0 Å². The van der Waals surface area contributed by atoms with Gasteiger partial charge in [-0.2, -0.15) is 0 Å². The number of benzene rings is 2. The molecule has 1 heterocycles. The van der Waals surface area contributed by atoms with Gasteiger partial charge in [-0.05, 0) is 43.2 Å². The zero-order valence-corrected chi connectivity index (χ0v) is 15.9. The smallest absolute Gasteiger partial charge is 0.337 e. The molecule has 1 aliphatic heterocycles. The molecular weight excluding hydrogens is 378 g/mol. The van der Waals surface area contributed by atoms with Crippen molar-refractivity contribution in [2.75, 3.05) is 37.0 Å². The van der Waals surface area contributed by atoms with Crippen molar-refractivity contribution in [1.82, 2.24) is 0 Å². The Kier molecular flexibility index (Phi) is 6.28. The van der Waals surface area contributed by atoms with Crippen molar-refractivity contribution in [2.24, 2.45) is 0 Å². The molecule has 0 unspecified atom stereocenters. The van der Waals surface area contributed by atoms with Gasteiger partial charge in [-0.3, -0.25) is 14.9 Å². The van der Waals surface area contributed by atoms with E-state index in [4.69, 9.17) is 4.74 Å². The fourth-order valence-electron chi connectivity index (χ4n) is 3.10. The van der Waals surface area contributed by atoms with Gasteiger partial charge in [0.05, 0.1) is 17.6 Å². The predicted octanol–water partition coefficient (Wildman–Crippen LogP) is 3.00. The molecule has 0 aliphatic carbocycles. The lowest BCUT2D eigenvalue weighted by Crippen LogP contribution is -2.21. The predicted molar refractivity (Wildman–Crippen MR) is 106 cm³/mol. The number of hydrogen-bond donors (Lipinski definition) is 1. The molecule has 1 saturated heterocycles. The highest BCUT2D eigenvalue weighted by molar-refractivity contribution is 5.92. The molecule has 2 aromatic rings. The maximum absolute atomic E-state index is 12.2. The first-order valence-electron chi connectivity index (χ1n) is 9.12. The molecule has 2 aromatic carbocycles. The van der Waals surface area contributed by atoms with Crippen LogP contribution in [0, 0.1) is 10.1 Å². The molecule has 9 nitrogen and oxygen atoms in total. The molecule has 0 saturated carbocycles. The number of nitro groups is 1. The zero-order chi connectivity index (χ0) is 20.8. The van der Waals surface area contributed by atoms with Crippen LogP contribution < -0.4 is 15.0 Å². The van der Waals surface area contributed by atoms with Crippen molar-refractivity contribution in [3.63, 3.8) is 0 Å². The summed E-state index contributed by atoms with van der Waals surface area (Å²) in [5.41, 5.74) is 1.44. The van der Waals surface area contributed by atoms with Crippen LogP contribution in [0.3, 0.4) is 0 Å². The normalized spacial score (nSPS) is 13.1. The number of carbonyl (C=O) groups is 2. The molecule has 0 aromatic heterocycles. The summed E-state index contributed by atoms with van der Waals surface area (Å²) in [6, 6.07) is 11.0. The third-order valence-corrected chi connectivity index (χ3v) is 4.56. The molecule has 9 heteroatoms. The minimum absolute atomic E-state index is 0.0889. The van der Waals surface area contributed by atoms with Gasteiger partial charge in [0.15, 0.2) is 12.4 Å². The highest BCUT2D eigenvalue weighted by Gasteiger charge is 2.19. The number of nitro benzene ring substituents is 1. The van der Waals surface area contributed by atoms with E-state index in [9.17, 15) is 19.7 Å². The average molecular weight is 399 g/mol. The minimum atomic E-state index is -0.660. The number of carbonyl (C=O) groups excluding carboxylic acids is 2. The van der Waals surface area contributed by atoms with Crippen LogP contribution in [-0.2, 0) is 9.53 Å². The third kappa shape index (κ3) is 5.01. The molecule has 3 rings (SSSR count). The number of anilines is 2. The summed E-state index contributed by atoms with van der Waals surface area (Å²) in [6.07, 6.45) is 2.36. The van der Waals surface area contributed by atoms with Gasteiger partial charge < -0.3 is 19.7 Å². The van der Waals surface area contributed by atoms with Gasteiger partial charge in [0.2, 0.25) is 0 Å². The molecule has 1 fully saturated rings. The zero-order valence-electron chi connectivity index (χ0n) is 15.9. The first-order valence-corrected chi connectivity index (χ1v) is 9.12. The largest absolute Gasteiger partial charge is 0.477 e. The number of ether oxygens (including phenoxy) is 2. The summed E-state index contributed by atoms with van der Waals surface area (Å²) in [5.74, 6) is -1.32. The van der Waals surface area contributed by atoms with Crippen LogP contribution in [0.2, 0.25) is 0 Å². The van der Waals surface area contributed by atoms with Crippen molar-refractivity contribution < 1.29 is 24.0 Å². The topological polar surface area (TPSA) is 111 Å². The van der Waals surface area contributed by atoms with Gasteiger partial charge >= 0.3 is 11.7 Å². The van der Waals surface area contributed by atoms with E-state index < -0.39 is 23.4 Å². The number of esters is 1. The van der Waals surface area contributed by atoms with Crippen molar-refractivity contribution in [3.8, 4) is 5.75 Å². The Morgan fingerprint density at radius 2 is 1.83 bits per heavy atom. The molecule has 0 atom stereocenters. The van der Waals surface area contributed by atoms with Gasteiger partial charge in [-0.15, -0.1) is 0 Å². The van der Waals surface area contributed by atoms with Crippen LogP contribution in [0.15, 0.2) is 42.5 Å². The lowest BCUT2D eigenvalue weighted by molar-refractivity contribution is -0.385. The molecule has 0 spiro atoms. The van der Waals surface area contributed by atoms with E-state index >= 15 is 0 Å². The van der Waals surface area contributed by atoms with Gasteiger partial charge in [-0.25, -0.2) is 4.79 Å². The second-order valence-electron chi connectivity index (χ2n) is 6.51. The highest BCUT2D eigenvalue weighted by Crippen LogP contribution is 2.28. The Balaban J connectivity index is 1.62. The van der Waals surface area contributed by atoms with E-state index in [1.165, 1.54) is 32.1 Å². The number of amides is 1. The van der Waals surface area contributed by atoms with Crippen LogP contribution in [0.4, 0.5) is 17.1 Å². The van der Waals surface area contributed by atoms with Crippen molar-refractivity contribution in [2.45, 2.75) is 12.8 Å². The molecule has 1 aliphatic rings. The van der Waals surface area contributed by atoms with E-state index in [0.29, 0.717) is 5.69 Å². The second kappa shape index (κ2) is 9.05. The monoisotopic (exact) mass is 399 g/mol. The molecule has 1 N–H and O–H groups in total. The molecule has 1 amide bonds. The standard InChI is InChI=1S/C20H21N3O6/c1-28-20(25)14-4-9-17(23(26)27)18(12-14)29-13-19(24)21-15-5-7-16(8-6-15)22-10-2-3-11-22/h4-9,12H,2-3,10-11,13H2,1H3,(H,21,24). The van der Waals surface area contributed by atoms with Gasteiger partial charge in [-0.1, -0.05) is 0 Å². The number of rotatable bonds is 7. The Morgan fingerprint density at radius 3 is 2.45 bits per heavy atom. The Labute approximate surface area is 167 Å². The van der Waals surface area contributed by atoms with Crippen molar-refractivity contribution >= 4 is 28.9 Å². The minimum Gasteiger partial charge on any atom is -0.477 e. The van der Waals surface area contributed by atoms with Gasteiger partial charge in [0, 0.05) is 36.6 Å². The third-order valence-electron chi connectivity index (χ3n) is 4.56. The van der Waals surface area contributed by atoms with Crippen LogP contribution in [0.1, 0.15) is 23.2 Å². The van der Waals surface area contributed by atoms with Crippen LogP contribution >= 0.6 is 0 Å². The first kappa shape index (κ1) is 20.1. The molecule has 152 valence electrons. The number of methoxy groups -OCH3 is 1. The molecule has 0 radical (unpaired) electrons. The summed E-state index contributed by atoms with van der Waals surface area (Å²) in [6.45, 7) is 1.62. The van der Waals surface area contributed by atoms with Crippen LogP contribution in [-0.4, -0.2) is 43.6 Å². The Bertz CT molecular complexity index is 907. The lowest BCUT2D eigenvalue weighted by Gasteiger charge is -2.17. The van der Waals surface area contributed by atoms with E-state index in [-0.39, 0.29) is 17.0 Å². The van der Waals surface area contributed by atoms with Crippen molar-refractivity contribution in [1.29, 1.82) is 0 Å². The molecule has 29 heavy (non-hydrogen) atoms. The summed E-state index contributed by atoms with van der Waals surface area (Å²) in [4.78, 5) is 36.6. The first-order chi connectivity index (χ1) is 14.0. The lowest BCUT2D eigenvalue weighted by atomic mass is 10.2. The van der Waals surface area contributed by atoms with E-state index in [1.54, 1.807) is 12.1 Å². The van der Waals surface area contributed by atoms with E-state index in [2.05, 4.69) is 15.0 Å². The van der Waals surface area contributed by atoms with Crippen molar-refractivity contribution in [3.05, 3.63) is 58.1 Å². The average Bonchev–Trinajstić information content (AvgIpc) is 3.26. The van der Waals surface area contributed by atoms with Gasteiger partial charge in [0.25, 0.3) is 5.91 Å². The van der Waals surface area contributed by atoms with Crippen LogP contribution in [0.5, 0.6) is 5.75 Å². The maximum Gasteiger partial charge on any atom is 0.337 e. The number of nitrogens with zero attached hydrogens (tertiary/aromatic N) is 2. The summed E-state index contributed by atoms with van der Waals surface area (Å²) >= 11 is 0. The maximum atomic E-state index is 12.2.